The summed E-state index contributed by atoms with van der Waals surface area (Å²) in [5.74, 6) is 1.14. The quantitative estimate of drug-likeness (QED) is 0.0965. The van der Waals surface area contributed by atoms with Gasteiger partial charge in [-0.05, 0) is 25.7 Å². The summed E-state index contributed by atoms with van der Waals surface area (Å²) in [5.41, 5.74) is 0. The minimum atomic E-state index is -3.84. The Bertz CT molecular complexity index is 890. The van der Waals surface area contributed by atoms with E-state index in [1.54, 1.807) is 0 Å². The lowest BCUT2D eigenvalue weighted by Crippen LogP contribution is -2.37. The fraction of sp³-hybridized carbons (Fsp3) is 0.920. The molecule has 10 nitrogen and oxygen atoms in total. The van der Waals surface area contributed by atoms with Crippen molar-refractivity contribution >= 4 is 32.0 Å². The van der Waals surface area contributed by atoms with E-state index in [0.29, 0.717) is 25.8 Å². The first-order chi connectivity index (χ1) is 17.5. The lowest BCUT2D eigenvalue weighted by Gasteiger charge is -2.14. The van der Waals surface area contributed by atoms with E-state index in [2.05, 4.69) is 21.8 Å². The van der Waals surface area contributed by atoms with E-state index in [1.165, 1.54) is 5.84 Å². The molecule has 1 amide bonds. The average molecular weight is 569 g/mol. The van der Waals surface area contributed by atoms with Crippen LogP contribution in [0.3, 0.4) is 0 Å². The number of rotatable bonds is 23. The van der Waals surface area contributed by atoms with E-state index < -0.39 is 20.2 Å². The number of amides is 1. The van der Waals surface area contributed by atoms with Gasteiger partial charge in [-0.2, -0.15) is 16.8 Å². The van der Waals surface area contributed by atoms with Gasteiger partial charge in [-0.1, -0.05) is 64.2 Å². The van der Waals surface area contributed by atoms with Crippen molar-refractivity contribution in [1.29, 1.82) is 0 Å². The van der Waals surface area contributed by atoms with Gasteiger partial charge in [0.25, 0.3) is 20.2 Å². The topological polar surface area (TPSA) is 144 Å². The van der Waals surface area contributed by atoms with Crippen molar-refractivity contribution in [2.24, 2.45) is 0 Å². The molecule has 0 fully saturated rings. The van der Waals surface area contributed by atoms with Gasteiger partial charge in [-0.3, -0.25) is 23.4 Å². The lowest BCUT2D eigenvalue weighted by molar-refractivity contribution is -0.487. The number of carbonyl (C=O) groups excluding carboxylic acids is 1. The van der Waals surface area contributed by atoms with Gasteiger partial charge in [-0.15, -0.1) is 0 Å². The zero-order valence-electron chi connectivity index (χ0n) is 22.7. The first-order valence-corrected chi connectivity index (χ1v) is 17.2. The Morgan fingerprint density at radius 1 is 0.784 bits per heavy atom. The Morgan fingerprint density at radius 3 is 1.76 bits per heavy atom. The highest BCUT2D eigenvalue weighted by Crippen LogP contribution is 2.13. The third kappa shape index (κ3) is 19.5. The molecular weight excluding hydrogens is 518 g/mol. The summed E-state index contributed by atoms with van der Waals surface area (Å²) in [6.07, 6.45) is 14.6. The first kappa shape index (κ1) is 33.8. The number of hydrogen-bond donors (Lipinski definition) is 3. The van der Waals surface area contributed by atoms with Gasteiger partial charge in [0.05, 0.1) is 25.1 Å². The molecule has 0 bridgehead atoms. The average Bonchev–Trinajstić information content (AvgIpc) is 3.14. The molecule has 0 saturated heterocycles. The van der Waals surface area contributed by atoms with E-state index in [9.17, 15) is 21.6 Å². The summed E-state index contributed by atoms with van der Waals surface area (Å²) in [7, 11) is -5.54. The lowest BCUT2D eigenvalue weighted by atomic mass is 10.1. The third-order valence-corrected chi connectivity index (χ3v) is 8.43. The Balaban J connectivity index is 2.04. The second-order valence-corrected chi connectivity index (χ2v) is 13.3. The van der Waals surface area contributed by atoms with Crippen molar-refractivity contribution in [2.45, 2.75) is 103 Å². The predicted molar refractivity (Wildman–Crippen MR) is 147 cm³/mol. The molecule has 37 heavy (non-hydrogen) atoms. The van der Waals surface area contributed by atoms with E-state index in [0.717, 1.165) is 103 Å². The molecule has 1 aliphatic rings. The molecule has 12 heteroatoms. The Morgan fingerprint density at radius 2 is 1.24 bits per heavy atom. The van der Waals surface area contributed by atoms with Gasteiger partial charge in [0.1, 0.15) is 19.6 Å². The number of nitrogens with one attached hydrogen (secondary N) is 1. The van der Waals surface area contributed by atoms with Crippen molar-refractivity contribution in [1.82, 2.24) is 10.2 Å². The first-order valence-electron chi connectivity index (χ1n) is 14.0. The molecule has 0 unspecified atom stereocenters. The number of carbonyl (C=O) groups is 1. The molecule has 218 valence electrons. The van der Waals surface area contributed by atoms with Gasteiger partial charge < -0.3 is 5.32 Å². The molecule has 0 aliphatic carbocycles. The van der Waals surface area contributed by atoms with E-state index in [1.807, 2.05) is 0 Å². The molecule has 0 spiro atoms. The van der Waals surface area contributed by atoms with Crippen molar-refractivity contribution in [3.8, 4) is 0 Å². The van der Waals surface area contributed by atoms with Gasteiger partial charge in [0.15, 0.2) is 0 Å². The molecule has 0 atom stereocenters. The van der Waals surface area contributed by atoms with Crippen LogP contribution in [0.2, 0.25) is 0 Å². The van der Waals surface area contributed by atoms with E-state index in [-0.39, 0.29) is 17.4 Å². The third-order valence-electron chi connectivity index (χ3n) is 6.82. The number of nitrogens with zero attached hydrogens (tertiary/aromatic N) is 2. The second kappa shape index (κ2) is 18.9. The molecule has 0 aromatic heterocycles. The monoisotopic (exact) mass is 568 g/mol. The van der Waals surface area contributed by atoms with Crippen LogP contribution in [-0.4, -0.2) is 91.9 Å². The van der Waals surface area contributed by atoms with Crippen LogP contribution in [0, 0.1) is 0 Å². The Labute approximate surface area is 224 Å². The largest absolute Gasteiger partial charge is 0.352 e. The van der Waals surface area contributed by atoms with Gasteiger partial charge in [0.2, 0.25) is 11.7 Å². The summed E-state index contributed by atoms with van der Waals surface area (Å²) in [5, 5.41) is 3.04. The predicted octanol–water partition coefficient (Wildman–Crippen LogP) is 3.48. The van der Waals surface area contributed by atoms with Crippen LogP contribution in [0.5, 0.6) is 0 Å². The fourth-order valence-electron chi connectivity index (χ4n) is 4.68. The van der Waals surface area contributed by atoms with Crippen LogP contribution >= 0.6 is 0 Å². The van der Waals surface area contributed by atoms with Crippen molar-refractivity contribution < 1.29 is 35.3 Å². The molecule has 0 saturated carbocycles. The molecule has 3 N–H and O–H groups in total. The summed E-state index contributed by atoms with van der Waals surface area (Å²) in [6, 6.07) is 0. The van der Waals surface area contributed by atoms with E-state index in [4.69, 9.17) is 9.11 Å². The van der Waals surface area contributed by atoms with Crippen LogP contribution in [0.4, 0.5) is 0 Å². The number of unbranched alkanes of at least 4 members (excludes halogenated alkanes) is 12. The molecule has 0 aromatic rings. The standard InChI is InChI=1S/C25H49N3O7S2/c1-27-20-21-28(25(27)17-13-9-5-3-7-11-15-23-37(33,34)35)19-18-26-24(29)16-12-8-4-2-6-10-14-22-36(30,31)32/h2-23H2,1H3,(H2-,26,29,30,31,32,33,34,35)/p+1. The van der Waals surface area contributed by atoms with Gasteiger partial charge in [0, 0.05) is 12.8 Å². The minimum Gasteiger partial charge on any atom is -0.352 e. The van der Waals surface area contributed by atoms with Crippen LogP contribution in [0.15, 0.2) is 0 Å². The molecule has 1 rings (SSSR count). The zero-order valence-corrected chi connectivity index (χ0v) is 24.3. The molecule has 1 heterocycles. The normalized spacial score (nSPS) is 14.5. The highest BCUT2D eigenvalue weighted by atomic mass is 32.2. The summed E-state index contributed by atoms with van der Waals surface area (Å²) in [6.45, 7) is 3.46. The Kier molecular flexibility index (Phi) is 17.3. The highest BCUT2D eigenvalue weighted by Gasteiger charge is 2.27. The summed E-state index contributed by atoms with van der Waals surface area (Å²) < 4.78 is 62.5. The second-order valence-electron chi connectivity index (χ2n) is 10.2. The molecule has 0 radical (unpaired) electrons. The number of hydrogen-bond acceptors (Lipinski definition) is 6. The summed E-state index contributed by atoms with van der Waals surface area (Å²) in [4.78, 5) is 14.5. The van der Waals surface area contributed by atoms with Crippen LogP contribution < -0.4 is 5.32 Å². The van der Waals surface area contributed by atoms with Crippen molar-refractivity contribution in [3.05, 3.63) is 0 Å². The molecular formula is C25H50N3O7S2+. The van der Waals surface area contributed by atoms with E-state index >= 15 is 0 Å². The SMILES string of the molecule is C[N+]1=C(CCCCCCCCCS(=O)(=O)O)N(CCNC(=O)CCCCCCCCCS(=O)(=O)O)CC1. The minimum absolute atomic E-state index is 0.0961. The van der Waals surface area contributed by atoms with Crippen LogP contribution in [0.1, 0.15) is 103 Å². The number of likely N-dealkylation sites (N-methyl/N-ethyl adjacent to an activating group) is 1. The smallest absolute Gasteiger partial charge is 0.264 e. The zero-order chi connectivity index (χ0) is 27.6. The van der Waals surface area contributed by atoms with Gasteiger partial charge in [-0.25, -0.2) is 0 Å². The Hall–Kier alpha value is -1.24. The number of amidine groups is 1. The fourth-order valence-corrected chi connectivity index (χ4v) is 5.82. The highest BCUT2D eigenvalue weighted by molar-refractivity contribution is 7.86. The van der Waals surface area contributed by atoms with Crippen molar-refractivity contribution in [3.63, 3.8) is 0 Å². The maximum Gasteiger partial charge on any atom is 0.264 e. The van der Waals surface area contributed by atoms with Crippen LogP contribution in [-0.2, 0) is 25.0 Å². The van der Waals surface area contributed by atoms with Crippen LogP contribution in [0.25, 0.3) is 0 Å². The maximum absolute atomic E-state index is 12.1. The molecule has 1 aliphatic heterocycles. The molecule has 0 aromatic carbocycles. The van der Waals surface area contributed by atoms with Crippen molar-refractivity contribution in [2.75, 3.05) is 44.7 Å². The summed E-state index contributed by atoms with van der Waals surface area (Å²) >= 11 is 0. The van der Waals surface area contributed by atoms with Gasteiger partial charge >= 0.3 is 0 Å². The maximum atomic E-state index is 12.1.